The number of nitrogens with one attached hydrogen (secondary N) is 1. The number of para-hydroxylation sites is 1. The van der Waals surface area contributed by atoms with E-state index in [4.69, 9.17) is 5.73 Å². The Labute approximate surface area is 166 Å². The number of piperidine rings is 1. The lowest BCUT2D eigenvalue weighted by Gasteiger charge is -2.34. The Kier molecular flexibility index (Phi) is 6.94. The molecule has 2 heterocycles. The van der Waals surface area contributed by atoms with Gasteiger partial charge in [-0.2, -0.15) is 0 Å². The van der Waals surface area contributed by atoms with E-state index in [1.807, 2.05) is 6.07 Å². The predicted molar refractivity (Wildman–Crippen MR) is 111 cm³/mol. The Morgan fingerprint density at radius 2 is 1.93 bits per heavy atom. The van der Waals surface area contributed by atoms with Crippen molar-refractivity contribution in [1.29, 1.82) is 0 Å². The van der Waals surface area contributed by atoms with Crippen molar-refractivity contribution in [3.63, 3.8) is 0 Å². The molecule has 6 nitrogen and oxygen atoms in total. The van der Waals surface area contributed by atoms with Gasteiger partial charge in [0.05, 0.1) is 11.8 Å². The van der Waals surface area contributed by atoms with E-state index in [1.165, 1.54) is 22.9 Å². The summed E-state index contributed by atoms with van der Waals surface area (Å²) >= 11 is 0. The van der Waals surface area contributed by atoms with Crippen molar-refractivity contribution in [2.75, 3.05) is 25.1 Å². The van der Waals surface area contributed by atoms with Crippen LogP contribution in [-0.4, -0.2) is 55.3 Å². The zero-order valence-corrected chi connectivity index (χ0v) is 17.4. The quantitative estimate of drug-likeness (QED) is 0.786. The first kappa shape index (κ1) is 21.7. The molecular weight excluding hydrogens is 386 g/mol. The van der Waals surface area contributed by atoms with Crippen molar-refractivity contribution >= 4 is 39.1 Å². The van der Waals surface area contributed by atoms with Gasteiger partial charge in [-0.05, 0) is 43.7 Å². The molecule has 1 aromatic carbocycles. The predicted octanol–water partition coefficient (Wildman–Crippen LogP) is 2.37. The number of aromatic amines is 1. The van der Waals surface area contributed by atoms with Gasteiger partial charge in [0.2, 0.25) is 5.91 Å². The number of sulfone groups is 1. The second kappa shape index (κ2) is 8.63. The number of aryl methyl sites for hydroxylation is 1. The summed E-state index contributed by atoms with van der Waals surface area (Å²) in [7, 11) is -3.10. The molecule has 3 rings (SSSR count). The topological polar surface area (TPSA) is 96.3 Å². The maximum atomic E-state index is 12.5. The molecular formula is C19H28ClN3O3S. The molecule has 0 radical (unpaired) electrons. The van der Waals surface area contributed by atoms with E-state index in [1.54, 1.807) is 4.90 Å². The van der Waals surface area contributed by atoms with E-state index in [9.17, 15) is 13.2 Å². The van der Waals surface area contributed by atoms with Crippen molar-refractivity contribution < 1.29 is 13.2 Å². The molecule has 1 aliphatic rings. The number of halogens is 1. The molecule has 3 N–H and O–H groups in total. The Morgan fingerprint density at radius 3 is 2.56 bits per heavy atom. The third kappa shape index (κ3) is 5.03. The van der Waals surface area contributed by atoms with Crippen LogP contribution in [0.5, 0.6) is 0 Å². The first-order valence-electron chi connectivity index (χ1n) is 9.05. The summed E-state index contributed by atoms with van der Waals surface area (Å²) in [4.78, 5) is 17.7. The summed E-state index contributed by atoms with van der Waals surface area (Å²) in [6.45, 7) is 3.43. The normalized spacial score (nSPS) is 16.9. The Hall–Kier alpha value is -1.57. The minimum absolute atomic E-state index is 0. The molecule has 1 aliphatic heterocycles. The zero-order chi connectivity index (χ0) is 18.9. The fraction of sp³-hybridized carbons (Fsp3) is 0.526. The summed E-state index contributed by atoms with van der Waals surface area (Å²) in [5, 5.41) is 1.26. The van der Waals surface area contributed by atoms with E-state index >= 15 is 0 Å². The first-order valence-corrected chi connectivity index (χ1v) is 11.1. The van der Waals surface area contributed by atoms with E-state index in [2.05, 4.69) is 30.1 Å². The zero-order valence-electron chi connectivity index (χ0n) is 15.8. The molecule has 2 aromatic rings. The van der Waals surface area contributed by atoms with Gasteiger partial charge in [0.1, 0.15) is 9.84 Å². The molecule has 0 aliphatic carbocycles. The standard InChI is InChI=1S/C19H27N3O3S.ClH/c1-13-18(15-5-3-4-6-17(15)21-13)14-7-10-22(11-8-14)19(23)16(20)9-12-26(2,24)25;/h3-6,14,16,21H,7-12,20H2,1-2H3;1H. The fourth-order valence-electron chi connectivity index (χ4n) is 3.91. The summed E-state index contributed by atoms with van der Waals surface area (Å²) in [5.74, 6) is 0.232. The van der Waals surface area contributed by atoms with Gasteiger partial charge in [-0.3, -0.25) is 4.79 Å². The van der Waals surface area contributed by atoms with Gasteiger partial charge in [0, 0.05) is 35.9 Å². The van der Waals surface area contributed by atoms with Crippen LogP contribution in [0, 0.1) is 6.92 Å². The van der Waals surface area contributed by atoms with Crippen LogP contribution in [-0.2, 0) is 14.6 Å². The van der Waals surface area contributed by atoms with E-state index in [0.29, 0.717) is 19.0 Å². The summed E-state index contributed by atoms with van der Waals surface area (Å²) in [5.41, 5.74) is 9.63. The smallest absolute Gasteiger partial charge is 0.239 e. The van der Waals surface area contributed by atoms with Gasteiger partial charge in [0.15, 0.2) is 0 Å². The maximum absolute atomic E-state index is 12.5. The van der Waals surface area contributed by atoms with Crippen molar-refractivity contribution in [1.82, 2.24) is 9.88 Å². The average molecular weight is 414 g/mol. The number of H-pyrrole nitrogens is 1. The molecule has 27 heavy (non-hydrogen) atoms. The summed E-state index contributed by atoms with van der Waals surface area (Å²) in [6.07, 6.45) is 3.14. The first-order chi connectivity index (χ1) is 12.3. The third-order valence-corrected chi connectivity index (χ3v) is 6.25. The van der Waals surface area contributed by atoms with Gasteiger partial charge in [-0.25, -0.2) is 8.42 Å². The van der Waals surface area contributed by atoms with Crippen molar-refractivity contribution in [2.24, 2.45) is 5.73 Å². The van der Waals surface area contributed by atoms with E-state index in [0.717, 1.165) is 18.4 Å². The van der Waals surface area contributed by atoms with Crippen LogP contribution < -0.4 is 5.73 Å². The molecule has 1 amide bonds. The molecule has 1 atom stereocenters. The minimum atomic E-state index is -3.10. The number of carbonyl (C=O) groups excluding carboxylic acids is 1. The number of hydrogen-bond donors (Lipinski definition) is 2. The van der Waals surface area contributed by atoms with Gasteiger partial charge < -0.3 is 15.6 Å². The van der Waals surface area contributed by atoms with Gasteiger partial charge in [-0.15, -0.1) is 12.4 Å². The Balaban J connectivity index is 0.00000261. The number of fused-ring (bicyclic) bond motifs is 1. The van der Waals surface area contributed by atoms with Crippen LogP contribution >= 0.6 is 12.4 Å². The maximum Gasteiger partial charge on any atom is 0.239 e. The lowest BCUT2D eigenvalue weighted by Crippen LogP contribution is -2.47. The molecule has 0 spiro atoms. The van der Waals surface area contributed by atoms with E-state index in [-0.39, 0.29) is 30.5 Å². The number of amides is 1. The number of benzene rings is 1. The lowest BCUT2D eigenvalue weighted by molar-refractivity contribution is -0.133. The second-order valence-corrected chi connectivity index (χ2v) is 9.59. The Morgan fingerprint density at radius 1 is 1.30 bits per heavy atom. The van der Waals surface area contributed by atoms with E-state index < -0.39 is 15.9 Å². The third-order valence-electron chi connectivity index (χ3n) is 5.28. The largest absolute Gasteiger partial charge is 0.358 e. The lowest BCUT2D eigenvalue weighted by atomic mass is 9.87. The number of hydrogen-bond acceptors (Lipinski definition) is 4. The highest BCUT2D eigenvalue weighted by molar-refractivity contribution is 7.90. The number of carbonyl (C=O) groups is 1. The monoisotopic (exact) mass is 413 g/mol. The highest BCUT2D eigenvalue weighted by Gasteiger charge is 2.29. The number of rotatable bonds is 5. The SMILES string of the molecule is Cc1[nH]c2ccccc2c1C1CCN(C(=O)C(N)CCS(C)(=O)=O)CC1.Cl. The van der Waals surface area contributed by atoms with Crippen LogP contribution in [0.4, 0.5) is 0 Å². The molecule has 1 unspecified atom stereocenters. The molecule has 150 valence electrons. The second-order valence-electron chi connectivity index (χ2n) is 7.33. The van der Waals surface area contributed by atoms with Gasteiger partial charge in [-0.1, -0.05) is 18.2 Å². The minimum Gasteiger partial charge on any atom is -0.358 e. The Bertz CT molecular complexity index is 902. The highest BCUT2D eigenvalue weighted by atomic mass is 35.5. The van der Waals surface area contributed by atoms with Crippen LogP contribution in [0.15, 0.2) is 24.3 Å². The average Bonchev–Trinajstić information content (AvgIpc) is 2.94. The van der Waals surface area contributed by atoms with Crippen molar-refractivity contribution in [3.8, 4) is 0 Å². The van der Waals surface area contributed by atoms with Crippen LogP contribution in [0.1, 0.15) is 36.4 Å². The molecule has 8 heteroatoms. The van der Waals surface area contributed by atoms with Crippen molar-refractivity contribution in [3.05, 3.63) is 35.5 Å². The highest BCUT2D eigenvalue weighted by Crippen LogP contribution is 2.35. The molecule has 0 bridgehead atoms. The van der Waals surface area contributed by atoms with Gasteiger partial charge in [0.25, 0.3) is 0 Å². The molecule has 1 aromatic heterocycles. The molecule has 1 fully saturated rings. The number of aromatic nitrogens is 1. The summed E-state index contributed by atoms with van der Waals surface area (Å²) in [6, 6.07) is 7.58. The number of likely N-dealkylation sites (tertiary alicyclic amines) is 1. The van der Waals surface area contributed by atoms with Crippen LogP contribution in [0.2, 0.25) is 0 Å². The molecule has 1 saturated heterocycles. The van der Waals surface area contributed by atoms with Crippen LogP contribution in [0.25, 0.3) is 10.9 Å². The van der Waals surface area contributed by atoms with Crippen molar-refractivity contribution in [2.45, 2.75) is 38.1 Å². The summed E-state index contributed by atoms with van der Waals surface area (Å²) < 4.78 is 22.5. The molecule has 0 saturated carbocycles. The van der Waals surface area contributed by atoms with Gasteiger partial charge >= 0.3 is 0 Å². The fourth-order valence-corrected chi connectivity index (χ4v) is 4.59. The number of nitrogens with zero attached hydrogens (tertiary/aromatic N) is 1. The number of nitrogens with two attached hydrogens (primary N) is 1. The van der Waals surface area contributed by atoms with Crippen LogP contribution in [0.3, 0.4) is 0 Å².